The van der Waals surface area contributed by atoms with Gasteiger partial charge in [-0.05, 0) is 17.7 Å². The second-order valence-electron chi connectivity index (χ2n) is 4.93. The Kier molecular flexibility index (Phi) is 3.90. The first kappa shape index (κ1) is 13.4. The Morgan fingerprint density at radius 2 is 1.90 bits per heavy atom. The maximum Gasteiger partial charge on any atom is 0.148 e. The number of anilines is 1. The highest BCUT2D eigenvalue weighted by atomic mass is 35.5. The van der Waals surface area contributed by atoms with Gasteiger partial charge in [-0.25, -0.2) is 4.39 Å². The van der Waals surface area contributed by atoms with Crippen LogP contribution in [0.25, 0.3) is 0 Å². The molecule has 1 aliphatic rings. The van der Waals surface area contributed by atoms with Crippen LogP contribution in [0.2, 0.25) is 5.02 Å². The van der Waals surface area contributed by atoms with E-state index >= 15 is 0 Å². The highest BCUT2D eigenvalue weighted by Crippen LogP contribution is 2.31. The minimum atomic E-state index is -0.258. The number of para-hydroxylation sites is 1. The van der Waals surface area contributed by atoms with Crippen molar-refractivity contribution in [2.75, 3.05) is 24.5 Å². The third-order valence-electron chi connectivity index (χ3n) is 3.63. The van der Waals surface area contributed by atoms with Crippen LogP contribution in [0.5, 0.6) is 0 Å². The van der Waals surface area contributed by atoms with Crippen LogP contribution < -0.4 is 10.2 Å². The van der Waals surface area contributed by atoms with E-state index in [0.717, 1.165) is 13.1 Å². The fourth-order valence-corrected chi connectivity index (χ4v) is 2.94. The van der Waals surface area contributed by atoms with Gasteiger partial charge in [0, 0.05) is 25.7 Å². The molecule has 0 aliphatic carbocycles. The molecule has 104 valence electrons. The first-order valence-electron chi connectivity index (χ1n) is 6.73. The highest BCUT2D eigenvalue weighted by molar-refractivity contribution is 6.33. The van der Waals surface area contributed by atoms with Gasteiger partial charge < -0.3 is 10.2 Å². The standard InChI is InChI=1S/C16H16ClFN2/c17-13-7-4-8-14(18)16(13)20-10-9-19-15(11-20)12-5-2-1-3-6-12/h1-8,15,19H,9-11H2. The molecule has 1 N–H and O–H groups in total. The number of rotatable bonds is 2. The summed E-state index contributed by atoms with van der Waals surface area (Å²) in [5.41, 5.74) is 1.72. The molecular formula is C16H16ClFN2. The molecule has 0 saturated carbocycles. The van der Waals surface area contributed by atoms with E-state index < -0.39 is 0 Å². The smallest absolute Gasteiger partial charge is 0.148 e. The lowest BCUT2D eigenvalue weighted by atomic mass is 10.0. The predicted octanol–water partition coefficient (Wildman–Crippen LogP) is 3.63. The monoisotopic (exact) mass is 290 g/mol. The van der Waals surface area contributed by atoms with E-state index in [2.05, 4.69) is 17.4 Å². The van der Waals surface area contributed by atoms with E-state index in [1.165, 1.54) is 11.6 Å². The molecule has 2 aromatic carbocycles. The Labute approximate surface area is 123 Å². The summed E-state index contributed by atoms with van der Waals surface area (Å²) >= 11 is 6.15. The van der Waals surface area contributed by atoms with E-state index in [-0.39, 0.29) is 11.9 Å². The van der Waals surface area contributed by atoms with Crippen molar-refractivity contribution in [3.8, 4) is 0 Å². The molecule has 0 bridgehead atoms. The number of nitrogens with zero attached hydrogens (tertiary/aromatic N) is 1. The van der Waals surface area contributed by atoms with Crippen LogP contribution in [0.4, 0.5) is 10.1 Å². The number of benzene rings is 2. The van der Waals surface area contributed by atoms with E-state index in [9.17, 15) is 4.39 Å². The number of nitrogens with one attached hydrogen (secondary N) is 1. The summed E-state index contributed by atoms with van der Waals surface area (Å²) in [5, 5.41) is 3.94. The summed E-state index contributed by atoms with van der Waals surface area (Å²) < 4.78 is 14.0. The molecule has 0 aromatic heterocycles. The Morgan fingerprint density at radius 3 is 2.65 bits per heavy atom. The third kappa shape index (κ3) is 2.65. The Morgan fingerprint density at radius 1 is 1.10 bits per heavy atom. The van der Waals surface area contributed by atoms with Crippen molar-refractivity contribution in [3.05, 3.63) is 64.9 Å². The molecule has 1 heterocycles. The molecule has 20 heavy (non-hydrogen) atoms. The lowest BCUT2D eigenvalue weighted by Crippen LogP contribution is -2.46. The SMILES string of the molecule is Fc1cccc(Cl)c1N1CCNC(c2ccccc2)C1. The van der Waals surface area contributed by atoms with Gasteiger partial charge in [0.1, 0.15) is 5.82 Å². The zero-order valence-corrected chi connectivity index (χ0v) is 11.8. The van der Waals surface area contributed by atoms with Crippen molar-refractivity contribution >= 4 is 17.3 Å². The number of piperazine rings is 1. The van der Waals surface area contributed by atoms with E-state index in [1.54, 1.807) is 12.1 Å². The summed E-state index contributed by atoms with van der Waals surface area (Å²) in [4.78, 5) is 2.02. The van der Waals surface area contributed by atoms with Gasteiger partial charge in [0.25, 0.3) is 0 Å². The molecule has 0 radical (unpaired) electrons. The van der Waals surface area contributed by atoms with Crippen LogP contribution in [-0.4, -0.2) is 19.6 Å². The van der Waals surface area contributed by atoms with Crippen LogP contribution in [0, 0.1) is 5.82 Å². The van der Waals surface area contributed by atoms with Crippen LogP contribution in [0.3, 0.4) is 0 Å². The van der Waals surface area contributed by atoms with Gasteiger partial charge in [0.05, 0.1) is 10.7 Å². The van der Waals surface area contributed by atoms with Crippen molar-refractivity contribution in [2.24, 2.45) is 0 Å². The molecule has 3 rings (SSSR count). The van der Waals surface area contributed by atoms with Gasteiger partial charge >= 0.3 is 0 Å². The second-order valence-corrected chi connectivity index (χ2v) is 5.34. The minimum absolute atomic E-state index is 0.195. The summed E-state index contributed by atoms with van der Waals surface area (Å²) in [6.07, 6.45) is 0. The minimum Gasteiger partial charge on any atom is -0.365 e. The average molecular weight is 291 g/mol. The fraction of sp³-hybridized carbons (Fsp3) is 0.250. The second kappa shape index (κ2) is 5.81. The molecule has 2 aromatic rings. The Hall–Kier alpha value is -1.58. The topological polar surface area (TPSA) is 15.3 Å². The van der Waals surface area contributed by atoms with Gasteiger partial charge in [-0.3, -0.25) is 0 Å². The number of halogens is 2. The van der Waals surface area contributed by atoms with Crippen molar-refractivity contribution in [1.29, 1.82) is 0 Å². The van der Waals surface area contributed by atoms with Gasteiger partial charge in [-0.15, -0.1) is 0 Å². The van der Waals surface area contributed by atoms with Crippen LogP contribution in [0.1, 0.15) is 11.6 Å². The predicted molar refractivity (Wildman–Crippen MR) is 80.8 cm³/mol. The Balaban J connectivity index is 1.85. The van der Waals surface area contributed by atoms with Gasteiger partial charge in [-0.2, -0.15) is 0 Å². The molecule has 1 unspecified atom stereocenters. The van der Waals surface area contributed by atoms with Crippen LogP contribution in [-0.2, 0) is 0 Å². The van der Waals surface area contributed by atoms with E-state index in [1.807, 2.05) is 23.1 Å². The molecule has 1 fully saturated rings. The van der Waals surface area contributed by atoms with Crippen molar-refractivity contribution < 1.29 is 4.39 Å². The lowest BCUT2D eigenvalue weighted by molar-refractivity contribution is 0.466. The molecule has 1 atom stereocenters. The zero-order chi connectivity index (χ0) is 13.9. The summed E-state index contributed by atoms with van der Waals surface area (Å²) in [6, 6.07) is 15.2. The normalized spacial score (nSPS) is 19.1. The van der Waals surface area contributed by atoms with Gasteiger partial charge in [0.15, 0.2) is 0 Å². The van der Waals surface area contributed by atoms with Crippen LogP contribution in [0.15, 0.2) is 48.5 Å². The molecule has 4 heteroatoms. The number of hydrogen-bond acceptors (Lipinski definition) is 2. The van der Waals surface area contributed by atoms with Crippen molar-refractivity contribution in [2.45, 2.75) is 6.04 Å². The highest BCUT2D eigenvalue weighted by Gasteiger charge is 2.24. The van der Waals surface area contributed by atoms with Crippen LogP contribution >= 0.6 is 11.6 Å². The molecule has 1 aliphatic heterocycles. The molecule has 1 saturated heterocycles. The lowest BCUT2D eigenvalue weighted by Gasteiger charge is -2.36. The molecule has 2 nitrogen and oxygen atoms in total. The first-order valence-corrected chi connectivity index (χ1v) is 7.11. The van der Waals surface area contributed by atoms with Gasteiger partial charge in [-0.1, -0.05) is 48.0 Å². The fourth-order valence-electron chi connectivity index (χ4n) is 2.65. The maximum absolute atomic E-state index is 14.0. The summed E-state index contributed by atoms with van der Waals surface area (Å²) in [6.45, 7) is 2.28. The van der Waals surface area contributed by atoms with Crippen molar-refractivity contribution in [3.63, 3.8) is 0 Å². The van der Waals surface area contributed by atoms with E-state index in [0.29, 0.717) is 17.3 Å². The molecule has 0 spiro atoms. The summed E-state index contributed by atoms with van der Waals surface area (Å²) in [5.74, 6) is -0.258. The molecular weight excluding hydrogens is 275 g/mol. The first-order chi connectivity index (χ1) is 9.75. The quantitative estimate of drug-likeness (QED) is 0.908. The molecule has 0 amide bonds. The van der Waals surface area contributed by atoms with Gasteiger partial charge in [0.2, 0.25) is 0 Å². The summed E-state index contributed by atoms with van der Waals surface area (Å²) in [7, 11) is 0. The van der Waals surface area contributed by atoms with E-state index in [4.69, 9.17) is 11.6 Å². The Bertz CT molecular complexity index is 568. The number of hydrogen-bond donors (Lipinski definition) is 1. The zero-order valence-electron chi connectivity index (χ0n) is 11.0. The average Bonchev–Trinajstić information content (AvgIpc) is 2.48. The third-order valence-corrected chi connectivity index (χ3v) is 3.94. The van der Waals surface area contributed by atoms with Crippen molar-refractivity contribution in [1.82, 2.24) is 5.32 Å². The maximum atomic E-state index is 14.0. The largest absolute Gasteiger partial charge is 0.365 e.